The summed E-state index contributed by atoms with van der Waals surface area (Å²) in [6, 6.07) is 1.58. The first-order valence-electron chi connectivity index (χ1n) is 6.85. The highest BCUT2D eigenvalue weighted by molar-refractivity contribution is 5.23. The molecule has 1 saturated heterocycles. The summed E-state index contributed by atoms with van der Waals surface area (Å²) in [5.41, 5.74) is 5.07. The van der Waals surface area contributed by atoms with Crippen molar-refractivity contribution in [2.45, 2.75) is 38.7 Å². The van der Waals surface area contributed by atoms with Gasteiger partial charge in [-0.25, -0.2) is 4.79 Å². The molecule has 1 aliphatic rings. The maximum absolute atomic E-state index is 11.8. The molecule has 2 N–H and O–H groups in total. The molecule has 7 nitrogen and oxygen atoms in total. The molecule has 0 spiro atoms. The third-order valence-corrected chi connectivity index (χ3v) is 3.21. The lowest BCUT2D eigenvalue weighted by molar-refractivity contribution is -0.0742. The monoisotopic (exact) mass is 283 g/mol. The number of hydrogen-bond donors (Lipinski definition) is 1. The number of nitrogens with two attached hydrogens (primary N) is 1. The number of aromatic nitrogens is 2. The quantitative estimate of drug-likeness (QED) is 0.820. The van der Waals surface area contributed by atoms with Gasteiger partial charge in [0.2, 0.25) is 0 Å². The zero-order valence-corrected chi connectivity index (χ0v) is 11.8. The zero-order chi connectivity index (χ0) is 14.5. The van der Waals surface area contributed by atoms with Gasteiger partial charge < -0.3 is 19.9 Å². The van der Waals surface area contributed by atoms with Crippen LogP contribution in [0.2, 0.25) is 0 Å². The summed E-state index contributed by atoms with van der Waals surface area (Å²) < 4.78 is 18.4. The molecular formula is C13H21N3O4. The standard InChI is InChI=1S/C13H21N3O4/c1-3-18-8-10-9(19-4-2)7-12(20-10)16-6-5-11(14)15-13(16)17/h5-6,9-10,12H,3-4,7-8H2,1-2H3,(H2,14,15,17). The second kappa shape index (κ2) is 6.83. The highest BCUT2D eigenvalue weighted by atomic mass is 16.6. The number of rotatable bonds is 6. The first-order chi connectivity index (χ1) is 9.65. The van der Waals surface area contributed by atoms with E-state index in [1.807, 2.05) is 13.8 Å². The Labute approximate surface area is 117 Å². The topological polar surface area (TPSA) is 88.6 Å². The van der Waals surface area contributed by atoms with E-state index in [-0.39, 0.29) is 18.0 Å². The average Bonchev–Trinajstić information content (AvgIpc) is 2.80. The Morgan fingerprint density at radius 2 is 2.30 bits per heavy atom. The number of anilines is 1. The van der Waals surface area contributed by atoms with Gasteiger partial charge in [-0.15, -0.1) is 0 Å². The molecule has 0 aromatic carbocycles. The Bertz CT molecular complexity index is 491. The van der Waals surface area contributed by atoms with Crippen molar-refractivity contribution in [3.05, 3.63) is 22.7 Å². The first kappa shape index (κ1) is 15.0. The van der Waals surface area contributed by atoms with E-state index >= 15 is 0 Å². The van der Waals surface area contributed by atoms with Crippen molar-refractivity contribution in [3.63, 3.8) is 0 Å². The van der Waals surface area contributed by atoms with Crippen molar-refractivity contribution < 1.29 is 14.2 Å². The summed E-state index contributed by atoms with van der Waals surface area (Å²) in [5, 5.41) is 0. The van der Waals surface area contributed by atoms with Gasteiger partial charge in [-0.2, -0.15) is 4.98 Å². The van der Waals surface area contributed by atoms with Crippen molar-refractivity contribution in [1.29, 1.82) is 0 Å². The molecule has 20 heavy (non-hydrogen) atoms. The van der Waals surface area contributed by atoms with Crippen LogP contribution in [-0.4, -0.2) is 41.6 Å². The van der Waals surface area contributed by atoms with Crippen molar-refractivity contribution in [3.8, 4) is 0 Å². The largest absolute Gasteiger partial charge is 0.383 e. The van der Waals surface area contributed by atoms with E-state index in [9.17, 15) is 4.79 Å². The van der Waals surface area contributed by atoms with E-state index in [2.05, 4.69) is 4.98 Å². The van der Waals surface area contributed by atoms with Crippen LogP contribution in [0.4, 0.5) is 5.82 Å². The van der Waals surface area contributed by atoms with Crippen LogP contribution in [0.1, 0.15) is 26.5 Å². The average molecular weight is 283 g/mol. The van der Waals surface area contributed by atoms with E-state index in [1.165, 1.54) is 4.57 Å². The molecule has 1 fully saturated rings. The molecule has 0 saturated carbocycles. The molecule has 3 unspecified atom stereocenters. The fourth-order valence-electron chi connectivity index (χ4n) is 2.29. The van der Waals surface area contributed by atoms with Gasteiger partial charge in [0.25, 0.3) is 0 Å². The van der Waals surface area contributed by atoms with Crippen molar-refractivity contribution in [2.24, 2.45) is 0 Å². The molecule has 3 atom stereocenters. The van der Waals surface area contributed by atoms with E-state index in [0.717, 1.165) is 0 Å². The fraction of sp³-hybridized carbons (Fsp3) is 0.692. The van der Waals surface area contributed by atoms with Crippen LogP contribution in [0.25, 0.3) is 0 Å². The third kappa shape index (κ3) is 3.36. The molecule has 0 aliphatic carbocycles. The van der Waals surface area contributed by atoms with E-state index in [4.69, 9.17) is 19.9 Å². The van der Waals surface area contributed by atoms with Crippen molar-refractivity contribution in [1.82, 2.24) is 9.55 Å². The van der Waals surface area contributed by atoms with Gasteiger partial charge >= 0.3 is 5.69 Å². The van der Waals surface area contributed by atoms with Gasteiger partial charge in [-0.1, -0.05) is 0 Å². The van der Waals surface area contributed by atoms with Crippen LogP contribution < -0.4 is 11.4 Å². The minimum Gasteiger partial charge on any atom is -0.383 e. The van der Waals surface area contributed by atoms with Gasteiger partial charge in [0.1, 0.15) is 18.1 Å². The second-order valence-electron chi connectivity index (χ2n) is 4.56. The molecule has 2 rings (SSSR count). The summed E-state index contributed by atoms with van der Waals surface area (Å²) in [4.78, 5) is 15.5. The van der Waals surface area contributed by atoms with Gasteiger partial charge in [0.15, 0.2) is 0 Å². The fourth-order valence-corrected chi connectivity index (χ4v) is 2.29. The second-order valence-corrected chi connectivity index (χ2v) is 4.56. The van der Waals surface area contributed by atoms with Gasteiger partial charge in [0.05, 0.1) is 12.7 Å². The summed E-state index contributed by atoms with van der Waals surface area (Å²) in [5.74, 6) is 0.205. The maximum atomic E-state index is 11.8. The van der Waals surface area contributed by atoms with Crippen LogP contribution in [-0.2, 0) is 14.2 Å². The Kier molecular flexibility index (Phi) is 5.11. The molecular weight excluding hydrogens is 262 g/mol. The summed E-state index contributed by atoms with van der Waals surface area (Å²) in [6.07, 6.45) is 1.54. The molecule has 1 aromatic rings. The number of ether oxygens (including phenoxy) is 3. The summed E-state index contributed by atoms with van der Waals surface area (Å²) in [7, 11) is 0. The highest BCUT2D eigenvalue weighted by Gasteiger charge is 2.37. The SMILES string of the molecule is CCOCC1OC(n2ccc(N)nc2=O)CC1OCC. The lowest BCUT2D eigenvalue weighted by Gasteiger charge is -2.17. The molecule has 112 valence electrons. The van der Waals surface area contributed by atoms with Gasteiger partial charge in [-0.05, 0) is 19.9 Å². The molecule has 1 aliphatic heterocycles. The Balaban J connectivity index is 2.11. The highest BCUT2D eigenvalue weighted by Crippen LogP contribution is 2.30. The molecule has 0 bridgehead atoms. The van der Waals surface area contributed by atoms with Crippen LogP contribution in [0.3, 0.4) is 0 Å². The maximum Gasteiger partial charge on any atom is 0.351 e. The third-order valence-electron chi connectivity index (χ3n) is 3.21. The molecule has 0 amide bonds. The Hall–Kier alpha value is -1.44. The van der Waals surface area contributed by atoms with Crippen LogP contribution >= 0.6 is 0 Å². The molecule has 0 radical (unpaired) electrons. The molecule has 7 heteroatoms. The predicted octanol–water partition coefficient (Wildman–Crippen LogP) is 0.555. The predicted molar refractivity (Wildman–Crippen MR) is 73.3 cm³/mol. The lowest BCUT2D eigenvalue weighted by atomic mass is 10.2. The van der Waals surface area contributed by atoms with Gasteiger partial charge in [0, 0.05) is 25.8 Å². The summed E-state index contributed by atoms with van der Waals surface area (Å²) >= 11 is 0. The van der Waals surface area contributed by atoms with E-state index in [1.54, 1.807) is 12.3 Å². The molecule has 2 heterocycles. The van der Waals surface area contributed by atoms with Gasteiger partial charge in [-0.3, -0.25) is 4.57 Å². The van der Waals surface area contributed by atoms with Crippen LogP contribution in [0.15, 0.2) is 17.1 Å². The number of nitrogen functional groups attached to an aromatic ring is 1. The lowest BCUT2D eigenvalue weighted by Crippen LogP contribution is -2.29. The Morgan fingerprint density at radius 3 is 2.95 bits per heavy atom. The van der Waals surface area contributed by atoms with Crippen molar-refractivity contribution in [2.75, 3.05) is 25.6 Å². The number of nitrogens with zero attached hydrogens (tertiary/aromatic N) is 2. The minimum atomic E-state index is -0.415. The normalized spacial score (nSPS) is 26.0. The number of hydrogen-bond acceptors (Lipinski definition) is 6. The van der Waals surface area contributed by atoms with Crippen molar-refractivity contribution >= 4 is 5.82 Å². The minimum absolute atomic E-state index is 0.0824. The summed E-state index contributed by atoms with van der Waals surface area (Å²) in [6.45, 7) is 5.53. The van der Waals surface area contributed by atoms with Crippen LogP contribution in [0.5, 0.6) is 0 Å². The smallest absolute Gasteiger partial charge is 0.351 e. The van der Waals surface area contributed by atoms with E-state index in [0.29, 0.717) is 26.2 Å². The zero-order valence-electron chi connectivity index (χ0n) is 11.8. The van der Waals surface area contributed by atoms with E-state index < -0.39 is 11.9 Å². The molecule has 1 aromatic heterocycles. The first-order valence-corrected chi connectivity index (χ1v) is 6.85. The van der Waals surface area contributed by atoms with Crippen LogP contribution in [0, 0.1) is 0 Å². The Morgan fingerprint density at radius 1 is 1.50 bits per heavy atom.